The first-order valence-electron chi connectivity index (χ1n) is 12.2. The molecular weight excluding hydrogens is 551 g/mol. The Morgan fingerprint density at radius 1 is 1.08 bits per heavy atom. The highest BCUT2D eigenvalue weighted by molar-refractivity contribution is 7.89. The molecule has 2 aromatic carbocycles. The van der Waals surface area contributed by atoms with Crippen LogP contribution < -0.4 is 4.90 Å². The number of amides is 1. The van der Waals surface area contributed by atoms with Crippen LogP contribution in [0.3, 0.4) is 0 Å². The van der Waals surface area contributed by atoms with Gasteiger partial charge in [-0.05, 0) is 87.8 Å². The molecule has 0 spiro atoms. The van der Waals surface area contributed by atoms with Crippen LogP contribution >= 0.6 is 35.3 Å². The van der Waals surface area contributed by atoms with E-state index in [1.807, 2.05) is 26.2 Å². The van der Waals surface area contributed by atoms with Crippen molar-refractivity contribution in [2.75, 3.05) is 45.2 Å². The van der Waals surface area contributed by atoms with Gasteiger partial charge < -0.3 is 4.90 Å². The molecule has 1 aliphatic rings. The summed E-state index contributed by atoms with van der Waals surface area (Å²) in [5.74, 6) is 0.440. The van der Waals surface area contributed by atoms with E-state index in [-0.39, 0.29) is 23.2 Å². The number of hydrogen-bond acceptors (Lipinski definition) is 6. The van der Waals surface area contributed by atoms with E-state index in [4.69, 9.17) is 11.6 Å². The van der Waals surface area contributed by atoms with E-state index in [2.05, 4.69) is 23.7 Å². The summed E-state index contributed by atoms with van der Waals surface area (Å²) in [5, 5.41) is 1.22. The van der Waals surface area contributed by atoms with Gasteiger partial charge in [0.05, 0.1) is 15.1 Å². The van der Waals surface area contributed by atoms with Crippen LogP contribution in [-0.2, 0) is 10.0 Å². The summed E-state index contributed by atoms with van der Waals surface area (Å²) in [6.45, 7) is 6.53. The van der Waals surface area contributed by atoms with Crippen molar-refractivity contribution in [1.82, 2.24) is 14.2 Å². The minimum absolute atomic E-state index is 0. The molecule has 11 heteroatoms. The second kappa shape index (κ2) is 12.4. The first kappa shape index (κ1) is 29.8. The van der Waals surface area contributed by atoms with E-state index in [9.17, 15) is 13.2 Å². The average molecular weight is 586 g/mol. The first-order valence-corrected chi connectivity index (χ1v) is 14.8. The SMILES string of the molecule is CC1CC(C)CN(S(=O)(=O)c2ccc(C(=O)N(CCCN(C)C)c3nc4ccc(Cl)cc4s3)cc2)C1.Cl. The Morgan fingerprint density at radius 3 is 2.35 bits per heavy atom. The highest BCUT2D eigenvalue weighted by atomic mass is 35.5. The quantitative estimate of drug-likeness (QED) is 0.342. The van der Waals surface area contributed by atoms with Crippen molar-refractivity contribution >= 4 is 66.6 Å². The molecule has 0 bridgehead atoms. The molecule has 0 radical (unpaired) electrons. The number of aromatic nitrogens is 1. The summed E-state index contributed by atoms with van der Waals surface area (Å²) in [6.07, 6.45) is 1.80. The highest BCUT2D eigenvalue weighted by Gasteiger charge is 2.32. The molecule has 7 nitrogen and oxygen atoms in total. The zero-order valence-corrected chi connectivity index (χ0v) is 24.8. The number of benzene rings is 2. The molecule has 2 atom stereocenters. The Labute approximate surface area is 234 Å². The lowest BCUT2D eigenvalue weighted by Crippen LogP contribution is -2.42. The fraction of sp³-hybridized carbons (Fsp3) is 0.462. The van der Waals surface area contributed by atoms with E-state index < -0.39 is 10.0 Å². The van der Waals surface area contributed by atoms with Crippen molar-refractivity contribution in [1.29, 1.82) is 0 Å². The average Bonchev–Trinajstić information content (AvgIpc) is 3.23. The molecule has 1 amide bonds. The molecule has 4 rings (SSSR count). The predicted octanol–water partition coefficient (Wildman–Crippen LogP) is 5.64. The number of rotatable bonds is 8. The van der Waals surface area contributed by atoms with Crippen LogP contribution in [-0.4, -0.2) is 68.8 Å². The Hall–Kier alpha value is -1.75. The van der Waals surface area contributed by atoms with Crippen molar-refractivity contribution in [3.05, 3.63) is 53.1 Å². The largest absolute Gasteiger partial charge is 0.309 e. The van der Waals surface area contributed by atoms with Gasteiger partial charge in [-0.2, -0.15) is 4.31 Å². The Morgan fingerprint density at radius 2 is 1.73 bits per heavy atom. The van der Waals surface area contributed by atoms with Gasteiger partial charge in [0.25, 0.3) is 5.91 Å². The number of carbonyl (C=O) groups is 1. The number of fused-ring (bicyclic) bond motifs is 1. The summed E-state index contributed by atoms with van der Waals surface area (Å²) in [4.78, 5) is 22.3. The molecule has 1 fully saturated rings. The molecule has 2 heterocycles. The van der Waals surface area contributed by atoms with Gasteiger partial charge in [0.2, 0.25) is 10.0 Å². The lowest BCUT2D eigenvalue weighted by molar-refractivity contribution is 0.0986. The second-order valence-corrected chi connectivity index (χ2v) is 13.4. The minimum atomic E-state index is -3.61. The summed E-state index contributed by atoms with van der Waals surface area (Å²) in [6, 6.07) is 11.8. The summed E-state index contributed by atoms with van der Waals surface area (Å²) in [5.41, 5.74) is 1.22. The monoisotopic (exact) mass is 584 g/mol. The van der Waals surface area contributed by atoms with Crippen molar-refractivity contribution < 1.29 is 13.2 Å². The van der Waals surface area contributed by atoms with Crippen molar-refractivity contribution in [3.8, 4) is 0 Å². The molecule has 202 valence electrons. The van der Waals surface area contributed by atoms with Gasteiger partial charge in [-0.15, -0.1) is 12.4 Å². The third kappa shape index (κ3) is 7.02. The number of sulfonamides is 1. The Bertz CT molecular complexity index is 1320. The Balaban J connectivity index is 0.00000380. The molecule has 1 aliphatic heterocycles. The topological polar surface area (TPSA) is 73.8 Å². The van der Waals surface area contributed by atoms with Gasteiger partial charge in [-0.25, -0.2) is 13.4 Å². The lowest BCUT2D eigenvalue weighted by Gasteiger charge is -2.34. The van der Waals surface area contributed by atoms with E-state index in [0.29, 0.717) is 47.2 Å². The molecule has 3 aromatic rings. The van der Waals surface area contributed by atoms with Crippen LogP contribution in [0.2, 0.25) is 5.02 Å². The van der Waals surface area contributed by atoms with Crippen LogP contribution in [0, 0.1) is 11.8 Å². The second-order valence-electron chi connectivity index (χ2n) is 10.0. The molecule has 37 heavy (non-hydrogen) atoms. The fourth-order valence-corrected chi connectivity index (χ4v) is 7.65. The third-order valence-electron chi connectivity index (χ3n) is 6.38. The van der Waals surface area contributed by atoms with Gasteiger partial charge in [0, 0.05) is 30.2 Å². The highest BCUT2D eigenvalue weighted by Crippen LogP contribution is 2.32. The van der Waals surface area contributed by atoms with Crippen molar-refractivity contribution in [3.63, 3.8) is 0 Å². The number of anilines is 1. The molecule has 1 saturated heterocycles. The summed E-state index contributed by atoms with van der Waals surface area (Å²) >= 11 is 7.57. The zero-order chi connectivity index (χ0) is 26.0. The van der Waals surface area contributed by atoms with E-state index in [1.165, 1.54) is 11.3 Å². The third-order valence-corrected chi connectivity index (χ3v) is 9.50. The predicted molar refractivity (Wildman–Crippen MR) is 155 cm³/mol. The summed E-state index contributed by atoms with van der Waals surface area (Å²) < 4.78 is 29.0. The number of carbonyl (C=O) groups excluding carboxylic acids is 1. The van der Waals surface area contributed by atoms with E-state index in [0.717, 1.165) is 29.6 Å². The molecule has 2 unspecified atom stereocenters. The van der Waals surface area contributed by atoms with Crippen molar-refractivity contribution in [2.45, 2.75) is 31.6 Å². The van der Waals surface area contributed by atoms with Gasteiger partial charge in [-0.1, -0.05) is 36.8 Å². The van der Waals surface area contributed by atoms with Gasteiger partial charge in [0.1, 0.15) is 0 Å². The molecular formula is C26H34Cl2N4O3S2. The van der Waals surface area contributed by atoms with Crippen LogP contribution in [0.5, 0.6) is 0 Å². The first-order chi connectivity index (χ1) is 17.0. The van der Waals surface area contributed by atoms with Crippen LogP contribution in [0.15, 0.2) is 47.4 Å². The summed E-state index contributed by atoms with van der Waals surface area (Å²) in [7, 11) is 0.382. The minimum Gasteiger partial charge on any atom is -0.309 e. The standard InChI is InChI=1S/C26H33ClN4O3S2.ClH/c1-18-14-19(2)17-30(16-18)36(33,34)22-9-6-20(7-10-22)25(32)31(13-5-12-29(3)4)26-28-23-11-8-21(27)15-24(23)35-26;/h6-11,15,18-19H,5,12-14,16-17H2,1-4H3;1H. The van der Waals surface area contributed by atoms with E-state index in [1.54, 1.807) is 39.5 Å². The number of nitrogens with zero attached hydrogens (tertiary/aromatic N) is 4. The van der Waals surface area contributed by atoms with Crippen LogP contribution in [0.1, 0.15) is 37.0 Å². The Kier molecular flexibility index (Phi) is 9.99. The number of thiazole rings is 1. The fourth-order valence-electron chi connectivity index (χ4n) is 4.71. The number of halogens is 2. The smallest absolute Gasteiger partial charge is 0.260 e. The number of hydrogen-bond donors (Lipinski definition) is 0. The van der Waals surface area contributed by atoms with Crippen LogP contribution in [0.25, 0.3) is 10.2 Å². The molecule has 0 saturated carbocycles. The maximum atomic E-state index is 13.6. The van der Waals surface area contributed by atoms with E-state index >= 15 is 0 Å². The number of piperidine rings is 1. The maximum Gasteiger partial charge on any atom is 0.260 e. The molecule has 1 aromatic heterocycles. The van der Waals surface area contributed by atoms with Crippen LogP contribution in [0.4, 0.5) is 5.13 Å². The normalized spacial score (nSPS) is 18.6. The molecule has 0 N–H and O–H groups in total. The molecule has 0 aliphatic carbocycles. The van der Waals surface area contributed by atoms with Gasteiger partial charge >= 0.3 is 0 Å². The van der Waals surface area contributed by atoms with Gasteiger partial charge in [-0.3, -0.25) is 9.69 Å². The van der Waals surface area contributed by atoms with Crippen molar-refractivity contribution in [2.24, 2.45) is 11.8 Å². The lowest BCUT2D eigenvalue weighted by atomic mass is 9.94. The zero-order valence-electron chi connectivity index (χ0n) is 21.6. The van der Waals surface area contributed by atoms with Gasteiger partial charge in [0.15, 0.2) is 5.13 Å². The maximum absolute atomic E-state index is 13.6.